The lowest BCUT2D eigenvalue weighted by atomic mass is 9.88. The summed E-state index contributed by atoms with van der Waals surface area (Å²) in [7, 11) is 3.05. The number of esters is 1. The molecule has 0 heterocycles. The lowest BCUT2D eigenvalue weighted by Gasteiger charge is -2.17. The monoisotopic (exact) mass is 280 g/mol. The zero-order valence-electron chi connectivity index (χ0n) is 12.0. The highest BCUT2D eigenvalue weighted by molar-refractivity contribution is 6.12. The van der Waals surface area contributed by atoms with E-state index in [0.717, 1.165) is 22.4 Å². The maximum Gasteiger partial charge on any atom is 0.324 e. The molecule has 0 aliphatic heterocycles. The molecule has 3 nitrogen and oxygen atoms in total. The number of carbonyl (C=O) groups is 1. The van der Waals surface area contributed by atoms with Gasteiger partial charge < -0.3 is 9.47 Å². The van der Waals surface area contributed by atoms with Crippen molar-refractivity contribution in [3.63, 3.8) is 0 Å². The number of hydrogen-bond donors (Lipinski definition) is 0. The number of rotatable bonds is 4. The van der Waals surface area contributed by atoms with E-state index in [2.05, 4.69) is 0 Å². The van der Waals surface area contributed by atoms with Crippen LogP contribution in [-0.2, 0) is 14.9 Å². The number of benzene rings is 2. The van der Waals surface area contributed by atoms with Gasteiger partial charge in [-0.15, -0.1) is 0 Å². The van der Waals surface area contributed by atoms with Crippen LogP contribution in [0.1, 0.15) is 11.1 Å². The first kappa shape index (κ1) is 13.4. The second-order valence-electron chi connectivity index (χ2n) is 4.95. The van der Waals surface area contributed by atoms with Crippen molar-refractivity contribution in [1.82, 2.24) is 0 Å². The lowest BCUT2D eigenvalue weighted by Crippen LogP contribution is -2.25. The number of hydrogen-bond acceptors (Lipinski definition) is 3. The van der Waals surface area contributed by atoms with Gasteiger partial charge in [0, 0.05) is 0 Å². The molecule has 21 heavy (non-hydrogen) atoms. The van der Waals surface area contributed by atoms with Gasteiger partial charge in [0.05, 0.1) is 14.2 Å². The van der Waals surface area contributed by atoms with Crippen molar-refractivity contribution in [2.24, 2.45) is 0 Å². The van der Waals surface area contributed by atoms with Crippen molar-refractivity contribution in [2.45, 2.75) is 5.41 Å². The Morgan fingerprint density at radius 3 is 2.19 bits per heavy atom. The fourth-order valence-corrected chi connectivity index (χ4v) is 2.65. The average Bonchev–Trinajstić information content (AvgIpc) is 3.32. The van der Waals surface area contributed by atoms with Gasteiger partial charge in [-0.05, 0) is 28.8 Å². The van der Waals surface area contributed by atoms with E-state index in [0.29, 0.717) is 0 Å². The number of carbonyl (C=O) groups excluding carboxylic acids is 1. The molecule has 0 N–H and O–H groups in total. The second kappa shape index (κ2) is 5.09. The van der Waals surface area contributed by atoms with Gasteiger partial charge in [-0.2, -0.15) is 0 Å². The van der Waals surface area contributed by atoms with E-state index in [1.54, 1.807) is 7.11 Å². The van der Waals surface area contributed by atoms with Crippen LogP contribution in [-0.4, -0.2) is 20.2 Å². The first-order chi connectivity index (χ1) is 10.2. The molecule has 3 rings (SSSR count). The van der Waals surface area contributed by atoms with Crippen LogP contribution < -0.4 is 4.74 Å². The molecule has 106 valence electrons. The van der Waals surface area contributed by atoms with E-state index in [9.17, 15) is 4.79 Å². The molecular formula is C18H16O3. The summed E-state index contributed by atoms with van der Waals surface area (Å²) in [5, 5.41) is 0. The van der Waals surface area contributed by atoms with Crippen LogP contribution in [0.15, 0.2) is 60.7 Å². The lowest BCUT2D eigenvalue weighted by molar-refractivity contribution is -0.142. The topological polar surface area (TPSA) is 35.5 Å². The van der Waals surface area contributed by atoms with Crippen LogP contribution in [0.3, 0.4) is 0 Å². The summed E-state index contributed by atoms with van der Waals surface area (Å²) in [5.74, 6) is 0.544. The molecule has 2 aromatic carbocycles. The Bertz CT molecular complexity index is 686. The fourth-order valence-electron chi connectivity index (χ4n) is 2.65. The molecule has 0 amide bonds. The Morgan fingerprint density at radius 1 is 0.952 bits per heavy atom. The molecule has 0 radical (unpaired) electrons. The molecule has 1 aliphatic carbocycles. The van der Waals surface area contributed by atoms with Gasteiger partial charge in [0.15, 0.2) is 0 Å². The maximum atomic E-state index is 12.3. The van der Waals surface area contributed by atoms with Gasteiger partial charge in [0.2, 0.25) is 0 Å². The molecule has 0 fully saturated rings. The van der Waals surface area contributed by atoms with E-state index < -0.39 is 5.41 Å². The van der Waals surface area contributed by atoms with Crippen molar-refractivity contribution in [3.8, 4) is 5.75 Å². The quantitative estimate of drug-likeness (QED) is 0.807. The van der Waals surface area contributed by atoms with Crippen molar-refractivity contribution in [2.75, 3.05) is 14.2 Å². The summed E-state index contributed by atoms with van der Waals surface area (Å²) in [6.07, 6.45) is 1.95. The average molecular weight is 280 g/mol. The maximum absolute atomic E-state index is 12.3. The SMILES string of the molecule is COC(=O)[C@]1(c2ccccc2)C=C1c1ccc(OC)cc1. The van der Waals surface area contributed by atoms with E-state index in [1.807, 2.05) is 60.7 Å². The minimum absolute atomic E-state index is 0.250. The molecule has 0 saturated carbocycles. The summed E-state index contributed by atoms with van der Waals surface area (Å²) in [6.45, 7) is 0. The zero-order chi connectivity index (χ0) is 14.9. The highest BCUT2D eigenvalue weighted by Gasteiger charge is 2.53. The minimum Gasteiger partial charge on any atom is -0.497 e. The van der Waals surface area contributed by atoms with Gasteiger partial charge >= 0.3 is 5.97 Å². The van der Waals surface area contributed by atoms with Gasteiger partial charge in [-0.25, -0.2) is 0 Å². The molecule has 0 spiro atoms. The third-order valence-electron chi connectivity index (χ3n) is 3.84. The van der Waals surface area contributed by atoms with Crippen molar-refractivity contribution in [1.29, 1.82) is 0 Å². The molecule has 0 aromatic heterocycles. The van der Waals surface area contributed by atoms with Gasteiger partial charge in [0.25, 0.3) is 0 Å². The van der Waals surface area contributed by atoms with Crippen LogP contribution in [0, 0.1) is 0 Å². The standard InChI is InChI=1S/C18H16O3/c1-20-15-10-8-13(9-11-15)16-12-18(16,17(19)21-2)14-6-4-3-5-7-14/h3-12H,1-2H3/t18-/m0/s1. The smallest absolute Gasteiger partial charge is 0.324 e. The number of methoxy groups -OCH3 is 2. The first-order valence-electron chi connectivity index (χ1n) is 6.74. The molecular weight excluding hydrogens is 264 g/mol. The Hall–Kier alpha value is -2.55. The van der Waals surface area contributed by atoms with E-state index in [-0.39, 0.29) is 5.97 Å². The third-order valence-corrected chi connectivity index (χ3v) is 3.84. The van der Waals surface area contributed by atoms with Crippen LogP contribution in [0.4, 0.5) is 0 Å². The first-order valence-corrected chi connectivity index (χ1v) is 6.74. The Kier molecular flexibility index (Phi) is 3.26. The van der Waals surface area contributed by atoms with Crippen LogP contribution in [0.5, 0.6) is 5.75 Å². The predicted octanol–water partition coefficient (Wildman–Crippen LogP) is 3.20. The van der Waals surface area contributed by atoms with Gasteiger partial charge in [-0.1, -0.05) is 48.5 Å². The van der Waals surface area contributed by atoms with E-state index >= 15 is 0 Å². The van der Waals surface area contributed by atoms with Crippen molar-refractivity contribution >= 4 is 11.5 Å². The Morgan fingerprint density at radius 2 is 1.62 bits per heavy atom. The summed E-state index contributed by atoms with van der Waals surface area (Å²) >= 11 is 0. The molecule has 3 heteroatoms. The van der Waals surface area contributed by atoms with Crippen LogP contribution in [0.2, 0.25) is 0 Å². The van der Waals surface area contributed by atoms with Crippen molar-refractivity contribution < 1.29 is 14.3 Å². The zero-order valence-corrected chi connectivity index (χ0v) is 12.0. The Labute approximate surface area is 123 Å². The summed E-state index contributed by atoms with van der Waals surface area (Å²) in [5.41, 5.74) is 2.17. The molecule has 0 saturated heterocycles. The van der Waals surface area contributed by atoms with Crippen LogP contribution in [0.25, 0.3) is 5.57 Å². The summed E-state index contributed by atoms with van der Waals surface area (Å²) in [6, 6.07) is 17.4. The molecule has 2 aromatic rings. The minimum atomic E-state index is -0.745. The highest BCUT2D eigenvalue weighted by atomic mass is 16.5. The van der Waals surface area contributed by atoms with Crippen LogP contribution >= 0.6 is 0 Å². The van der Waals surface area contributed by atoms with Gasteiger partial charge in [-0.3, -0.25) is 4.79 Å². The second-order valence-corrected chi connectivity index (χ2v) is 4.95. The molecule has 1 aliphatic rings. The Balaban J connectivity index is 1.97. The highest BCUT2D eigenvalue weighted by Crippen LogP contribution is 2.53. The number of ether oxygens (including phenoxy) is 2. The van der Waals surface area contributed by atoms with Crippen molar-refractivity contribution in [3.05, 3.63) is 71.8 Å². The molecule has 0 bridgehead atoms. The predicted molar refractivity (Wildman–Crippen MR) is 81.1 cm³/mol. The normalized spacial score (nSPS) is 19.6. The third kappa shape index (κ3) is 2.11. The fraction of sp³-hybridized carbons (Fsp3) is 0.167. The summed E-state index contributed by atoms with van der Waals surface area (Å²) in [4.78, 5) is 12.3. The molecule has 0 unspecified atom stereocenters. The summed E-state index contributed by atoms with van der Waals surface area (Å²) < 4.78 is 10.2. The van der Waals surface area contributed by atoms with E-state index in [4.69, 9.17) is 9.47 Å². The van der Waals surface area contributed by atoms with E-state index in [1.165, 1.54) is 7.11 Å². The largest absolute Gasteiger partial charge is 0.497 e. The molecule has 1 atom stereocenters. The van der Waals surface area contributed by atoms with Gasteiger partial charge in [0.1, 0.15) is 11.2 Å².